The van der Waals surface area contributed by atoms with E-state index in [1.807, 2.05) is 0 Å². The van der Waals surface area contributed by atoms with Gasteiger partial charge in [0, 0.05) is 10.9 Å². The van der Waals surface area contributed by atoms with Crippen molar-refractivity contribution in [3.05, 3.63) is 15.2 Å². The molecule has 0 unspecified atom stereocenters. The summed E-state index contributed by atoms with van der Waals surface area (Å²) in [5.74, 6) is 0.306. The number of nitrogens with zero attached hydrogens (tertiary/aromatic N) is 2. The van der Waals surface area contributed by atoms with Gasteiger partial charge < -0.3 is 0 Å². The van der Waals surface area contributed by atoms with Crippen LogP contribution >= 0.6 is 27.3 Å². The maximum Gasteiger partial charge on any atom is 0.273 e. The van der Waals surface area contributed by atoms with Crippen molar-refractivity contribution in [1.82, 2.24) is 15.2 Å². The van der Waals surface area contributed by atoms with Crippen LogP contribution in [0, 0.1) is 0 Å². The zero-order valence-corrected chi connectivity index (χ0v) is 10.4. The number of sulfonamides is 1. The number of rotatable bonds is 2. The van der Waals surface area contributed by atoms with E-state index in [-0.39, 0.29) is 5.16 Å². The second-order valence-corrected chi connectivity index (χ2v) is 6.42. The molecule has 2 aromatic heterocycles. The molecular weight excluding hydrogens is 304 g/mol. The van der Waals surface area contributed by atoms with Crippen LogP contribution in [0.25, 0.3) is 11.4 Å². The first-order chi connectivity index (χ1) is 6.97. The van der Waals surface area contributed by atoms with Gasteiger partial charge in [0.25, 0.3) is 15.2 Å². The molecule has 0 saturated carbocycles. The van der Waals surface area contributed by atoms with Gasteiger partial charge in [-0.2, -0.15) is 10.1 Å². The van der Waals surface area contributed by atoms with E-state index in [1.54, 1.807) is 11.4 Å². The van der Waals surface area contributed by atoms with E-state index >= 15 is 0 Å². The molecule has 0 spiro atoms. The molecule has 2 rings (SSSR count). The SMILES string of the molecule is NS(=O)(=O)c1nc(-c2csc(Br)c2)n[nH]1. The number of aromatic nitrogens is 3. The lowest BCUT2D eigenvalue weighted by Crippen LogP contribution is -2.13. The molecule has 0 atom stereocenters. The molecule has 9 heteroatoms. The minimum Gasteiger partial charge on any atom is -0.248 e. The lowest BCUT2D eigenvalue weighted by Gasteiger charge is -1.87. The van der Waals surface area contributed by atoms with Crippen LogP contribution in [-0.2, 0) is 10.0 Å². The normalized spacial score (nSPS) is 11.9. The third kappa shape index (κ3) is 2.25. The van der Waals surface area contributed by atoms with Gasteiger partial charge in [0.1, 0.15) is 0 Å². The number of nitrogens with two attached hydrogens (primary N) is 1. The molecule has 0 radical (unpaired) electrons. The molecule has 80 valence electrons. The summed E-state index contributed by atoms with van der Waals surface area (Å²) >= 11 is 4.74. The Labute approximate surface area is 97.7 Å². The zero-order chi connectivity index (χ0) is 11.1. The Hall–Kier alpha value is -0.770. The molecule has 0 aliphatic carbocycles. The molecule has 0 saturated heterocycles. The monoisotopic (exact) mass is 308 g/mol. The number of thiophene rings is 1. The molecule has 15 heavy (non-hydrogen) atoms. The van der Waals surface area contributed by atoms with Gasteiger partial charge >= 0.3 is 0 Å². The standard InChI is InChI=1S/C6H5BrN4O2S2/c7-4-1-3(2-14-4)5-9-6(11-10-5)15(8,12)13/h1-2H,(H2,8,12,13)(H,9,10,11). The Balaban J connectivity index is 2.44. The summed E-state index contributed by atoms with van der Waals surface area (Å²) in [4.78, 5) is 3.77. The van der Waals surface area contributed by atoms with Gasteiger partial charge in [-0.1, -0.05) is 0 Å². The quantitative estimate of drug-likeness (QED) is 0.862. The second-order valence-electron chi connectivity index (χ2n) is 2.65. The highest BCUT2D eigenvalue weighted by atomic mass is 79.9. The molecule has 6 nitrogen and oxygen atoms in total. The van der Waals surface area contributed by atoms with Gasteiger partial charge in [0.15, 0.2) is 5.82 Å². The summed E-state index contributed by atoms with van der Waals surface area (Å²) in [6.07, 6.45) is 0. The van der Waals surface area contributed by atoms with Crippen molar-refractivity contribution in [2.45, 2.75) is 5.16 Å². The average Bonchev–Trinajstić information content (AvgIpc) is 2.69. The molecule has 2 heterocycles. The molecule has 0 bridgehead atoms. The Kier molecular flexibility index (Phi) is 2.63. The fourth-order valence-corrected chi connectivity index (χ4v) is 2.45. The van der Waals surface area contributed by atoms with Crippen LogP contribution in [-0.4, -0.2) is 23.6 Å². The Morgan fingerprint density at radius 2 is 2.27 bits per heavy atom. The van der Waals surface area contributed by atoms with Crippen molar-refractivity contribution in [1.29, 1.82) is 0 Å². The molecule has 0 aliphatic rings. The number of primary sulfonamides is 1. The average molecular weight is 309 g/mol. The summed E-state index contributed by atoms with van der Waals surface area (Å²) in [6.45, 7) is 0. The first-order valence-corrected chi connectivity index (χ1v) is 6.88. The largest absolute Gasteiger partial charge is 0.273 e. The lowest BCUT2D eigenvalue weighted by atomic mass is 10.3. The van der Waals surface area contributed by atoms with E-state index in [0.717, 1.165) is 9.35 Å². The van der Waals surface area contributed by atoms with Gasteiger partial charge in [-0.05, 0) is 22.0 Å². The minimum absolute atomic E-state index is 0.306. The number of H-pyrrole nitrogens is 1. The number of hydrogen-bond acceptors (Lipinski definition) is 5. The van der Waals surface area contributed by atoms with Crippen LogP contribution in [0.3, 0.4) is 0 Å². The number of aromatic amines is 1. The third-order valence-electron chi connectivity index (χ3n) is 1.56. The third-order valence-corrected chi connectivity index (χ3v) is 3.79. The van der Waals surface area contributed by atoms with Gasteiger partial charge in [-0.25, -0.2) is 18.7 Å². The topological polar surface area (TPSA) is 102 Å². The second kappa shape index (κ2) is 3.67. The Bertz CT molecular complexity index is 588. The van der Waals surface area contributed by atoms with Gasteiger partial charge in [-0.15, -0.1) is 11.3 Å². The first-order valence-electron chi connectivity index (χ1n) is 3.66. The number of hydrogen-bond donors (Lipinski definition) is 2. The smallest absolute Gasteiger partial charge is 0.248 e. The first kappa shape index (κ1) is 10.7. The molecule has 0 aliphatic heterocycles. The van der Waals surface area contributed by atoms with Gasteiger partial charge in [0.05, 0.1) is 3.79 Å². The number of halogens is 1. The van der Waals surface area contributed by atoms with Crippen LogP contribution in [0.4, 0.5) is 0 Å². The minimum atomic E-state index is -3.82. The van der Waals surface area contributed by atoms with Gasteiger partial charge in [-0.3, -0.25) is 0 Å². The summed E-state index contributed by atoms with van der Waals surface area (Å²) in [6, 6.07) is 1.79. The predicted molar refractivity (Wildman–Crippen MR) is 58.8 cm³/mol. The highest BCUT2D eigenvalue weighted by Crippen LogP contribution is 2.26. The van der Waals surface area contributed by atoms with E-state index in [0.29, 0.717) is 5.82 Å². The Morgan fingerprint density at radius 3 is 2.73 bits per heavy atom. The van der Waals surface area contributed by atoms with Crippen molar-refractivity contribution >= 4 is 37.3 Å². The summed E-state index contributed by atoms with van der Waals surface area (Å²) in [5.41, 5.74) is 0.734. The highest BCUT2D eigenvalue weighted by Gasteiger charge is 2.15. The predicted octanol–water partition coefficient (Wildman–Crippen LogP) is 0.943. The van der Waals surface area contributed by atoms with E-state index in [1.165, 1.54) is 11.3 Å². The molecule has 2 aromatic rings. The summed E-state index contributed by atoms with van der Waals surface area (Å²) in [5, 5.41) is 12.4. The van der Waals surface area contributed by atoms with Crippen LogP contribution < -0.4 is 5.14 Å². The maximum atomic E-state index is 10.9. The molecule has 3 N–H and O–H groups in total. The van der Waals surface area contributed by atoms with Crippen molar-refractivity contribution in [2.75, 3.05) is 0 Å². The zero-order valence-electron chi connectivity index (χ0n) is 7.14. The van der Waals surface area contributed by atoms with E-state index < -0.39 is 10.0 Å². The maximum absolute atomic E-state index is 10.9. The van der Waals surface area contributed by atoms with Crippen molar-refractivity contribution in [3.63, 3.8) is 0 Å². The summed E-state index contributed by atoms with van der Waals surface area (Å²) in [7, 11) is -3.82. The molecule has 0 fully saturated rings. The Morgan fingerprint density at radius 1 is 1.53 bits per heavy atom. The van der Waals surface area contributed by atoms with Crippen LogP contribution in [0.15, 0.2) is 20.4 Å². The highest BCUT2D eigenvalue weighted by molar-refractivity contribution is 9.11. The van der Waals surface area contributed by atoms with Crippen molar-refractivity contribution in [2.24, 2.45) is 5.14 Å². The fraction of sp³-hybridized carbons (Fsp3) is 0. The van der Waals surface area contributed by atoms with Crippen LogP contribution in [0.5, 0.6) is 0 Å². The fourth-order valence-electron chi connectivity index (χ4n) is 0.931. The van der Waals surface area contributed by atoms with E-state index in [2.05, 4.69) is 31.1 Å². The van der Waals surface area contributed by atoms with Gasteiger partial charge in [0.2, 0.25) is 0 Å². The molecule has 0 aromatic carbocycles. The molecule has 0 amide bonds. The van der Waals surface area contributed by atoms with Crippen molar-refractivity contribution in [3.8, 4) is 11.4 Å². The van der Waals surface area contributed by atoms with Crippen molar-refractivity contribution < 1.29 is 8.42 Å². The summed E-state index contributed by atoms with van der Waals surface area (Å²) < 4.78 is 22.8. The van der Waals surface area contributed by atoms with Crippen LogP contribution in [0.1, 0.15) is 0 Å². The molecular formula is C6H5BrN4O2S2. The van der Waals surface area contributed by atoms with E-state index in [4.69, 9.17) is 5.14 Å². The number of nitrogens with one attached hydrogen (secondary N) is 1. The van der Waals surface area contributed by atoms with E-state index in [9.17, 15) is 8.42 Å². The van der Waals surface area contributed by atoms with Crippen LogP contribution in [0.2, 0.25) is 0 Å². The lowest BCUT2D eigenvalue weighted by molar-refractivity contribution is 0.589.